The SMILES string of the molecule is c1ccc(-c2cc(-c3ccccc3)n(-c3ccc4oc5ccc(-n6nc(-c7ccccc7)cc6-c6cccc(-c7cccc(-n8c9ccccc9c9c8c8c%10ccccc%10n(-c%10ccccc%10)c8c8c%10ccccc%10n(-c%10cccc(-n%11c%12ccccc%12c%12c%13c(c%14ccccc%14n%13-c%13ccccc%13)c%13c(c%14ccccc%14n%13-c%13ccccc%13)c%12%11)c%10)c89)c7)c6)cc5c4c3)n2)cc1. The lowest BCUT2D eigenvalue weighted by atomic mass is 10.00. The van der Waals surface area contributed by atoms with Crippen LogP contribution in [0.3, 0.4) is 0 Å². The molecule has 0 aliphatic carbocycles. The van der Waals surface area contributed by atoms with E-state index in [9.17, 15) is 0 Å². The Labute approximate surface area is 749 Å². The van der Waals surface area contributed by atoms with Gasteiger partial charge in [0, 0.05) is 132 Å². The molecule has 9 aromatic heterocycles. The van der Waals surface area contributed by atoms with Gasteiger partial charge in [-0.2, -0.15) is 10.2 Å². The Bertz CT molecular complexity index is 9520. The van der Waals surface area contributed by atoms with Crippen molar-refractivity contribution in [1.82, 2.24) is 47.0 Å². The molecule has 19 aromatic carbocycles. The molecule has 11 nitrogen and oxygen atoms in total. The number of aromatic nitrogens is 10. The molecule has 9 heterocycles. The summed E-state index contributed by atoms with van der Waals surface area (Å²) in [5.41, 5.74) is 33.4. The summed E-state index contributed by atoms with van der Waals surface area (Å²) in [5.74, 6) is 0. The predicted molar refractivity (Wildman–Crippen MR) is 541 cm³/mol. The summed E-state index contributed by atoms with van der Waals surface area (Å²) in [7, 11) is 0. The van der Waals surface area contributed by atoms with Gasteiger partial charge in [0.2, 0.25) is 0 Å². The van der Waals surface area contributed by atoms with Gasteiger partial charge in [-0.3, -0.25) is 0 Å². The first-order valence-corrected chi connectivity index (χ1v) is 44.7. The van der Waals surface area contributed by atoms with Crippen LogP contribution in [-0.4, -0.2) is 47.0 Å². The number of benzene rings is 19. The molecule has 0 saturated heterocycles. The van der Waals surface area contributed by atoms with Crippen molar-refractivity contribution in [2.45, 2.75) is 0 Å². The Hall–Kier alpha value is -17.8. The summed E-state index contributed by atoms with van der Waals surface area (Å²) in [5, 5.41) is 26.9. The first kappa shape index (κ1) is 72.5. The highest BCUT2D eigenvalue weighted by atomic mass is 16.3. The lowest BCUT2D eigenvalue weighted by Gasteiger charge is -2.16. The maximum absolute atomic E-state index is 6.70. The van der Waals surface area contributed by atoms with Crippen molar-refractivity contribution in [3.63, 3.8) is 0 Å². The van der Waals surface area contributed by atoms with Crippen LogP contribution in [0.5, 0.6) is 0 Å². The summed E-state index contributed by atoms with van der Waals surface area (Å²) in [6, 6.07) is 164. The molecule has 0 bridgehead atoms. The van der Waals surface area contributed by atoms with Gasteiger partial charge in [0.15, 0.2) is 0 Å². The van der Waals surface area contributed by atoms with Gasteiger partial charge in [-0.25, -0.2) is 9.36 Å². The van der Waals surface area contributed by atoms with Gasteiger partial charge < -0.3 is 31.8 Å². The molecule has 0 fully saturated rings. The normalized spacial score (nSPS) is 12.1. The van der Waals surface area contributed by atoms with Gasteiger partial charge in [-0.15, -0.1) is 0 Å². The fourth-order valence-electron chi connectivity index (χ4n) is 21.8. The van der Waals surface area contributed by atoms with Gasteiger partial charge in [-0.1, -0.05) is 291 Å². The van der Waals surface area contributed by atoms with Gasteiger partial charge >= 0.3 is 0 Å². The molecule has 0 saturated carbocycles. The van der Waals surface area contributed by atoms with Gasteiger partial charge in [-0.05, 0) is 169 Å². The summed E-state index contributed by atoms with van der Waals surface area (Å²) >= 11 is 0. The van der Waals surface area contributed by atoms with Gasteiger partial charge in [0.05, 0.1) is 100 Å². The smallest absolute Gasteiger partial charge is 0.135 e. The Morgan fingerprint density at radius 2 is 0.412 bits per heavy atom. The maximum atomic E-state index is 6.70. The molecular weight excluding hydrogens is 1600 g/mol. The van der Waals surface area contributed by atoms with Crippen LogP contribution in [0.15, 0.2) is 453 Å². The van der Waals surface area contributed by atoms with Crippen molar-refractivity contribution in [1.29, 1.82) is 0 Å². The summed E-state index contributed by atoms with van der Waals surface area (Å²) < 4.78 is 26.2. The highest BCUT2D eigenvalue weighted by Gasteiger charge is 2.33. The molecule has 0 amide bonds. The van der Waals surface area contributed by atoms with E-state index in [2.05, 4.69) is 480 Å². The second-order valence-electron chi connectivity index (χ2n) is 34.3. The van der Waals surface area contributed by atoms with Crippen LogP contribution in [0.4, 0.5) is 0 Å². The molecule has 0 atom stereocenters. The van der Waals surface area contributed by atoms with Crippen molar-refractivity contribution in [3.05, 3.63) is 449 Å². The second-order valence-corrected chi connectivity index (χ2v) is 34.3. The molecule has 610 valence electrons. The Morgan fingerprint density at radius 3 is 0.763 bits per heavy atom. The number of nitrogens with zero attached hydrogens (tertiary/aromatic N) is 10. The zero-order chi connectivity index (χ0) is 85.6. The molecule has 0 radical (unpaired) electrons. The third-order valence-corrected chi connectivity index (χ3v) is 27.2. The third kappa shape index (κ3) is 10.7. The van der Waals surface area contributed by atoms with Crippen LogP contribution in [-0.2, 0) is 0 Å². The Balaban J connectivity index is 0.657. The Kier molecular flexibility index (Phi) is 15.7. The summed E-state index contributed by atoms with van der Waals surface area (Å²) in [4.78, 5) is 0. The average molecular weight is 1670 g/mol. The number of fused-ring (bicyclic) bond motifs is 27. The van der Waals surface area contributed by atoms with Crippen LogP contribution in [0, 0.1) is 0 Å². The number of para-hydroxylation sites is 9. The fraction of sp³-hybridized carbons (Fsp3) is 0. The van der Waals surface area contributed by atoms with Gasteiger partial charge in [0.25, 0.3) is 0 Å². The van der Waals surface area contributed by atoms with E-state index in [-0.39, 0.29) is 0 Å². The first-order chi connectivity index (χ1) is 65.0. The lowest BCUT2D eigenvalue weighted by molar-refractivity contribution is 0.668. The summed E-state index contributed by atoms with van der Waals surface area (Å²) in [6.45, 7) is 0. The molecule has 0 aliphatic rings. The van der Waals surface area contributed by atoms with E-state index in [1.54, 1.807) is 0 Å². The van der Waals surface area contributed by atoms with Crippen LogP contribution < -0.4 is 0 Å². The van der Waals surface area contributed by atoms with Crippen molar-refractivity contribution < 1.29 is 4.42 Å². The quantitative estimate of drug-likeness (QED) is 0.115. The van der Waals surface area contributed by atoms with Crippen LogP contribution >= 0.6 is 0 Å². The van der Waals surface area contributed by atoms with Crippen molar-refractivity contribution in [2.75, 3.05) is 0 Å². The van der Waals surface area contributed by atoms with Crippen LogP contribution in [0.2, 0.25) is 0 Å². The molecular formula is C120H74N10O. The standard InChI is InChI=1S/C120H74N10O/c1-7-34-75(35-8-1)97-73-105(77-38-11-3-12-39-77)129(121-97)87-64-66-107-95(71-87)96-72-88(65-67-108(96)131-107)130-106(74-98(122-130)76-36-9-2-10-37-76)80-42-31-40-78(68-80)79-41-32-49-84(69-79)126-102-61-28-22-55-92(102)114-118(126)110-90-53-20-26-59-100(90)125(83-47-17-6-18-48-83)117(110)113-94-57-24-30-63-104(94)128(120(113)114)86-51-33-50-85(70-86)127-103-62-29-23-56-93(103)112-116-109(89-52-19-25-58-99(89)123(116)81-43-13-4-14-44-81)115-111(119(112)127)91-54-21-27-60-101(91)124(115)82-45-15-5-16-46-82/h1-74H. The van der Waals surface area contributed by atoms with E-state index < -0.39 is 0 Å². The molecule has 0 spiro atoms. The van der Waals surface area contributed by atoms with E-state index in [4.69, 9.17) is 14.6 Å². The topological polar surface area (TPSA) is 78.4 Å². The minimum absolute atomic E-state index is 0.783. The van der Waals surface area contributed by atoms with Crippen LogP contribution in [0.25, 0.3) is 254 Å². The van der Waals surface area contributed by atoms with E-state index in [1.165, 1.54) is 54.1 Å². The molecule has 131 heavy (non-hydrogen) atoms. The first-order valence-electron chi connectivity index (χ1n) is 44.7. The van der Waals surface area contributed by atoms with Crippen molar-refractivity contribution in [3.8, 4) is 102 Å². The lowest BCUT2D eigenvalue weighted by Crippen LogP contribution is -2.00. The summed E-state index contributed by atoms with van der Waals surface area (Å²) in [6.07, 6.45) is 0. The minimum atomic E-state index is 0.783. The zero-order valence-corrected chi connectivity index (χ0v) is 70.6. The van der Waals surface area contributed by atoms with Gasteiger partial charge in [0.1, 0.15) is 11.2 Å². The van der Waals surface area contributed by atoms with E-state index in [0.717, 1.165) is 200 Å². The zero-order valence-electron chi connectivity index (χ0n) is 70.6. The van der Waals surface area contributed by atoms with E-state index in [0.29, 0.717) is 0 Å². The number of furan rings is 1. The maximum Gasteiger partial charge on any atom is 0.135 e. The number of hydrogen-bond donors (Lipinski definition) is 0. The molecule has 0 N–H and O–H groups in total. The number of hydrogen-bond acceptors (Lipinski definition) is 3. The predicted octanol–water partition coefficient (Wildman–Crippen LogP) is 30.9. The third-order valence-electron chi connectivity index (χ3n) is 27.2. The molecule has 28 rings (SSSR count). The van der Waals surface area contributed by atoms with E-state index in [1.807, 2.05) is 6.07 Å². The highest BCUT2D eigenvalue weighted by molar-refractivity contribution is 6.42. The van der Waals surface area contributed by atoms with Crippen molar-refractivity contribution >= 4 is 153 Å². The monoisotopic (exact) mass is 1670 g/mol. The number of rotatable bonds is 13. The Morgan fingerprint density at radius 1 is 0.160 bits per heavy atom. The largest absolute Gasteiger partial charge is 0.456 e. The molecule has 28 aromatic rings. The molecule has 11 heteroatoms. The highest BCUT2D eigenvalue weighted by Crippen LogP contribution is 2.54. The fourth-order valence-corrected chi connectivity index (χ4v) is 21.8. The second kappa shape index (κ2) is 28.4. The molecule has 0 unspecified atom stereocenters. The molecule has 0 aliphatic heterocycles. The van der Waals surface area contributed by atoms with E-state index >= 15 is 0 Å². The van der Waals surface area contributed by atoms with Crippen molar-refractivity contribution in [2.24, 2.45) is 0 Å². The average Bonchev–Trinajstić information content (AvgIpc) is 1.51. The minimum Gasteiger partial charge on any atom is -0.456 e. The van der Waals surface area contributed by atoms with Crippen LogP contribution in [0.1, 0.15) is 0 Å².